The highest BCUT2D eigenvalue weighted by molar-refractivity contribution is 14.0. The second-order valence-electron chi connectivity index (χ2n) is 6.98. The van der Waals surface area contributed by atoms with Gasteiger partial charge >= 0.3 is 0 Å². The highest BCUT2D eigenvalue weighted by Gasteiger charge is 2.42. The van der Waals surface area contributed by atoms with Gasteiger partial charge in [-0.15, -0.1) is 35.3 Å². The zero-order valence-corrected chi connectivity index (χ0v) is 19.5. The van der Waals surface area contributed by atoms with Crippen LogP contribution in [-0.2, 0) is 11.3 Å². The normalized spacial score (nSPS) is 16.0. The van der Waals surface area contributed by atoms with Crippen LogP contribution in [0.4, 0.5) is 5.13 Å². The molecule has 1 aliphatic rings. The summed E-state index contributed by atoms with van der Waals surface area (Å²) in [6.07, 6.45) is 4.09. The molecule has 0 aliphatic heterocycles. The molecule has 1 aliphatic carbocycles. The minimum Gasteiger partial charge on any atom is -0.355 e. The molecular formula is C17H31IN6OS. The van der Waals surface area contributed by atoms with Gasteiger partial charge in [0, 0.05) is 47.2 Å². The molecule has 2 N–H and O–H groups in total. The van der Waals surface area contributed by atoms with Crippen molar-refractivity contribution in [2.24, 2.45) is 10.4 Å². The average molecular weight is 494 g/mol. The van der Waals surface area contributed by atoms with Crippen LogP contribution in [-0.4, -0.2) is 63.5 Å². The minimum atomic E-state index is -0.306. The maximum absolute atomic E-state index is 12.6. The lowest BCUT2D eigenvalue weighted by Gasteiger charge is -2.31. The van der Waals surface area contributed by atoms with Gasteiger partial charge in [-0.05, 0) is 12.8 Å². The Morgan fingerprint density at radius 3 is 2.42 bits per heavy atom. The number of aliphatic imine (C=N–C) groups is 1. The van der Waals surface area contributed by atoms with Crippen LogP contribution in [0.3, 0.4) is 0 Å². The molecule has 0 bridgehead atoms. The first-order valence-corrected chi connectivity index (χ1v) is 9.54. The summed E-state index contributed by atoms with van der Waals surface area (Å²) >= 11 is 1.62. The number of aromatic nitrogens is 1. The number of anilines is 1. The summed E-state index contributed by atoms with van der Waals surface area (Å²) in [4.78, 5) is 25.2. The number of rotatable bonds is 6. The Hall–Kier alpha value is -1.10. The van der Waals surface area contributed by atoms with E-state index in [-0.39, 0.29) is 35.3 Å². The molecule has 2 rings (SSSR count). The number of hydrogen-bond acceptors (Lipinski definition) is 5. The van der Waals surface area contributed by atoms with Gasteiger partial charge in [0.2, 0.25) is 5.91 Å². The Morgan fingerprint density at radius 1 is 1.27 bits per heavy atom. The van der Waals surface area contributed by atoms with Crippen molar-refractivity contribution in [2.45, 2.75) is 32.2 Å². The van der Waals surface area contributed by atoms with Crippen molar-refractivity contribution in [3.05, 3.63) is 11.1 Å². The van der Waals surface area contributed by atoms with Gasteiger partial charge in [0.25, 0.3) is 0 Å². The fourth-order valence-electron chi connectivity index (χ4n) is 3.22. The molecule has 0 saturated heterocycles. The molecule has 0 aromatic carbocycles. The van der Waals surface area contributed by atoms with Crippen LogP contribution in [0.1, 0.15) is 31.4 Å². The lowest BCUT2D eigenvalue weighted by Crippen LogP contribution is -2.49. The van der Waals surface area contributed by atoms with Crippen molar-refractivity contribution in [2.75, 3.05) is 46.7 Å². The number of carbonyl (C=O) groups excluding carboxylic acids is 1. The molecule has 1 amide bonds. The lowest BCUT2D eigenvalue weighted by atomic mass is 9.84. The zero-order valence-electron chi connectivity index (χ0n) is 16.3. The molecule has 1 saturated carbocycles. The molecule has 7 nitrogen and oxygen atoms in total. The number of guanidine groups is 1. The third-order valence-electron chi connectivity index (χ3n) is 4.60. The summed E-state index contributed by atoms with van der Waals surface area (Å²) in [6.45, 7) is 1.22. The van der Waals surface area contributed by atoms with E-state index in [2.05, 4.69) is 20.6 Å². The summed E-state index contributed by atoms with van der Waals surface area (Å²) in [5, 5.41) is 9.66. The number of nitrogens with one attached hydrogen (secondary N) is 2. The van der Waals surface area contributed by atoms with Crippen LogP contribution in [0.2, 0.25) is 0 Å². The second kappa shape index (κ2) is 10.3. The molecule has 26 heavy (non-hydrogen) atoms. The van der Waals surface area contributed by atoms with Crippen molar-refractivity contribution in [1.82, 2.24) is 20.5 Å². The number of nitrogens with zero attached hydrogens (tertiary/aromatic N) is 4. The maximum atomic E-state index is 12.6. The molecular weight excluding hydrogens is 463 g/mol. The van der Waals surface area contributed by atoms with E-state index < -0.39 is 0 Å². The molecule has 0 radical (unpaired) electrons. The predicted molar refractivity (Wildman–Crippen MR) is 120 cm³/mol. The number of halogens is 1. The Morgan fingerprint density at radius 2 is 1.92 bits per heavy atom. The van der Waals surface area contributed by atoms with E-state index in [1.54, 1.807) is 23.3 Å². The third kappa shape index (κ3) is 5.70. The van der Waals surface area contributed by atoms with Gasteiger partial charge in [0.15, 0.2) is 11.1 Å². The Bertz CT molecular complexity index is 610. The molecule has 0 atom stereocenters. The van der Waals surface area contributed by atoms with Crippen molar-refractivity contribution >= 4 is 52.3 Å². The van der Waals surface area contributed by atoms with Gasteiger partial charge in [-0.1, -0.05) is 12.8 Å². The lowest BCUT2D eigenvalue weighted by molar-refractivity contribution is -0.138. The number of amides is 1. The smallest absolute Gasteiger partial charge is 0.230 e. The Kier molecular flexibility index (Phi) is 9.08. The standard InChI is InChI=1S/C17H30N6OS.HI/c1-18-15(19-10-13-11-25-16(21-13)23(4)5)20-12-17(8-6-7-9-17)14(24)22(2)3;/h11H,6-10,12H2,1-5H3,(H2,18,19,20);1H. The molecule has 1 heterocycles. The van der Waals surface area contributed by atoms with Crippen molar-refractivity contribution in [3.63, 3.8) is 0 Å². The predicted octanol–water partition coefficient (Wildman–Crippen LogP) is 2.14. The summed E-state index contributed by atoms with van der Waals surface area (Å²) in [5.74, 6) is 0.917. The zero-order chi connectivity index (χ0) is 18.4. The largest absolute Gasteiger partial charge is 0.355 e. The van der Waals surface area contributed by atoms with Crippen molar-refractivity contribution < 1.29 is 4.79 Å². The monoisotopic (exact) mass is 494 g/mol. The SMILES string of the molecule is CN=C(NCc1csc(N(C)C)n1)NCC1(C(=O)N(C)C)CCCC1.I. The molecule has 0 unspecified atom stereocenters. The van der Waals surface area contributed by atoms with Gasteiger partial charge in [0.05, 0.1) is 17.7 Å². The van der Waals surface area contributed by atoms with Crippen LogP contribution in [0.5, 0.6) is 0 Å². The summed E-state index contributed by atoms with van der Waals surface area (Å²) in [7, 11) is 9.38. The Labute approximate surface area is 177 Å². The first-order chi connectivity index (χ1) is 11.9. The summed E-state index contributed by atoms with van der Waals surface area (Å²) in [6, 6.07) is 0. The molecule has 148 valence electrons. The van der Waals surface area contributed by atoms with E-state index in [0.717, 1.165) is 36.5 Å². The van der Waals surface area contributed by atoms with E-state index in [9.17, 15) is 4.79 Å². The van der Waals surface area contributed by atoms with Crippen LogP contribution in [0.25, 0.3) is 0 Å². The van der Waals surface area contributed by atoms with Gasteiger partial charge in [-0.25, -0.2) is 4.98 Å². The van der Waals surface area contributed by atoms with E-state index in [1.807, 2.05) is 38.5 Å². The summed E-state index contributed by atoms with van der Waals surface area (Å²) < 4.78 is 0. The summed E-state index contributed by atoms with van der Waals surface area (Å²) in [5.41, 5.74) is 0.677. The fraction of sp³-hybridized carbons (Fsp3) is 0.706. The number of thiazole rings is 1. The van der Waals surface area contributed by atoms with Gasteiger partial charge < -0.3 is 20.4 Å². The van der Waals surface area contributed by atoms with E-state index in [4.69, 9.17) is 0 Å². The molecule has 0 spiro atoms. The van der Waals surface area contributed by atoms with Gasteiger partial charge in [-0.3, -0.25) is 9.79 Å². The number of hydrogen-bond donors (Lipinski definition) is 2. The maximum Gasteiger partial charge on any atom is 0.230 e. The van der Waals surface area contributed by atoms with Crippen LogP contribution < -0.4 is 15.5 Å². The van der Waals surface area contributed by atoms with Crippen LogP contribution in [0.15, 0.2) is 10.4 Å². The number of carbonyl (C=O) groups is 1. The highest BCUT2D eigenvalue weighted by atomic mass is 127. The van der Waals surface area contributed by atoms with E-state index in [0.29, 0.717) is 19.0 Å². The second-order valence-corrected chi connectivity index (χ2v) is 7.82. The van der Waals surface area contributed by atoms with Crippen LogP contribution >= 0.6 is 35.3 Å². The molecule has 1 aromatic heterocycles. The van der Waals surface area contributed by atoms with E-state index >= 15 is 0 Å². The molecule has 1 fully saturated rings. The van der Waals surface area contributed by atoms with Crippen LogP contribution in [0, 0.1) is 5.41 Å². The molecule has 1 aromatic rings. The van der Waals surface area contributed by atoms with Crippen molar-refractivity contribution in [1.29, 1.82) is 0 Å². The quantitative estimate of drug-likeness (QED) is 0.360. The first-order valence-electron chi connectivity index (χ1n) is 8.66. The molecule has 9 heteroatoms. The topological polar surface area (TPSA) is 72.9 Å². The van der Waals surface area contributed by atoms with Gasteiger partial charge in [0.1, 0.15) is 0 Å². The van der Waals surface area contributed by atoms with Crippen molar-refractivity contribution in [3.8, 4) is 0 Å². The van der Waals surface area contributed by atoms with Gasteiger partial charge in [-0.2, -0.15) is 0 Å². The van der Waals surface area contributed by atoms with E-state index in [1.165, 1.54) is 0 Å². The third-order valence-corrected chi connectivity index (χ3v) is 5.65. The first kappa shape index (κ1) is 22.9. The highest BCUT2D eigenvalue weighted by Crippen LogP contribution is 2.38. The fourth-order valence-corrected chi connectivity index (χ4v) is 3.98. The average Bonchev–Trinajstić information content (AvgIpc) is 3.24. The Balaban J connectivity index is 0.00000338. The minimum absolute atomic E-state index is 0.